The second-order valence-electron chi connectivity index (χ2n) is 5.13. The standard InChI is InChI=1S/C15H20N4O/c1-3-19(4-2)14(20)15(10-13(15)11-17-18-16)12-8-6-5-7-9-12/h5-9,13H,3-4,10-11H2,1-2H3/t13-,15+/m0/s1. The van der Waals surface area contributed by atoms with Crippen molar-refractivity contribution in [1.82, 2.24) is 4.90 Å². The Morgan fingerprint density at radius 2 is 2.05 bits per heavy atom. The van der Waals surface area contributed by atoms with Crippen molar-refractivity contribution in [3.8, 4) is 0 Å². The van der Waals surface area contributed by atoms with Gasteiger partial charge in [0, 0.05) is 24.5 Å². The van der Waals surface area contributed by atoms with Gasteiger partial charge in [0.15, 0.2) is 0 Å². The monoisotopic (exact) mass is 272 g/mol. The van der Waals surface area contributed by atoms with Crippen molar-refractivity contribution in [2.24, 2.45) is 11.0 Å². The molecule has 1 saturated carbocycles. The molecule has 0 heterocycles. The lowest BCUT2D eigenvalue weighted by Crippen LogP contribution is -2.40. The lowest BCUT2D eigenvalue weighted by molar-refractivity contribution is -0.134. The minimum atomic E-state index is -0.485. The fourth-order valence-corrected chi connectivity index (χ4v) is 2.95. The Hall–Kier alpha value is -2.00. The number of hydrogen-bond donors (Lipinski definition) is 0. The Labute approximate surface area is 119 Å². The molecule has 1 amide bonds. The molecule has 1 aromatic rings. The molecule has 20 heavy (non-hydrogen) atoms. The maximum atomic E-state index is 12.9. The van der Waals surface area contributed by atoms with Crippen LogP contribution in [-0.2, 0) is 10.2 Å². The van der Waals surface area contributed by atoms with Gasteiger partial charge in [-0.25, -0.2) is 0 Å². The Balaban J connectivity index is 2.32. The molecule has 1 aliphatic rings. The number of likely N-dealkylation sites (N-methyl/N-ethyl adjacent to an activating group) is 1. The highest BCUT2D eigenvalue weighted by Gasteiger charge is 2.61. The summed E-state index contributed by atoms with van der Waals surface area (Å²) >= 11 is 0. The number of benzene rings is 1. The fourth-order valence-electron chi connectivity index (χ4n) is 2.95. The van der Waals surface area contributed by atoms with Crippen LogP contribution in [0.1, 0.15) is 25.8 Å². The number of azide groups is 1. The van der Waals surface area contributed by atoms with E-state index in [-0.39, 0.29) is 11.8 Å². The van der Waals surface area contributed by atoms with Gasteiger partial charge in [0.1, 0.15) is 0 Å². The van der Waals surface area contributed by atoms with Crippen molar-refractivity contribution in [2.75, 3.05) is 19.6 Å². The zero-order valence-corrected chi connectivity index (χ0v) is 12.0. The van der Waals surface area contributed by atoms with Crippen molar-refractivity contribution in [3.05, 3.63) is 46.3 Å². The first-order chi connectivity index (χ1) is 9.70. The van der Waals surface area contributed by atoms with Gasteiger partial charge < -0.3 is 4.90 Å². The summed E-state index contributed by atoms with van der Waals surface area (Å²) in [6.07, 6.45) is 0.769. The fraction of sp³-hybridized carbons (Fsp3) is 0.533. The van der Waals surface area contributed by atoms with Crippen molar-refractivity contribution in [3.63, 3.8) is 0 Å². The van der Waals surface area contributed by atoms with E-state index in [9.17, 15) is 4.79 Å². The predicted octanol–water partition coefficient (Wildman–Crippen LogP) is 3.12. The van der Waals surface area contributed by atoms with Crippen molar-refractivity contribution in [2.45, 2.75) is 25.7 Å². The minimum Gasteiger partial charge on any atom is -0.342 e. The molecular weight excluding hydrogens is 252 g/mol. The Morgan fingerprint density at radius 1 is 1.40 bits per heavy atom. The number of hydrogen-bond acceptors (Lipinski definition) is 2. The van der Waals surface area contributed by atoms with Gasteiger partial charge in [-0.1, -0.05) is 35.4 Å². The van der Waals surface area contributed by atoms with Gasteiger partial charge in [-0.15, -0.1) is 0 Å². The number of rotatable bonds is 6. The van der Waals surface area contributed by atoms with Crippen LogP contribution >= 0.6 is 0 Å². The van der Waals surface area contributed by atoms with Crippen molar-refractivity contribution in [1.29, 1.82) is 0 Å². The summed E-state index contributed by atoms with van der Waals surface area (Å²) in [4.78, 5) is 17.5. The highest BCUT2D eigenvalue weighted by atomic mass is 16.2. The van der Waals surface area contributed by atoms with Gasteiger partial charge in [-0.2, -0.15) is 0 Å². The maximum absolute atomic E-state index is 12.9. The molecule has 0 aromatic heterocycles. The minimum absolute atomic E-state index is 0.119. The first kappa shape index (κ1) is 14.4. The smallest absolute Gasteiger partial charge is 0.233 e. The lowest BCUT2D eigenvalue weighted by Gasteiger charge is -2.26. The highest BCUT2D eigenvalue weighted by molar-refractivity contribution is 5.92. The first-order valence-electron chi connectivity index (χ1n) is 7.06. The number of carbonyl (C=O) groups excluding carboxylic acids is 1. The molecule has 5 nitrogen and oxygen atoms in total. The predicted molar refractivity (Wildman–Crippen MR) is 78.2 cm³/mol. The summed E-state index contributed by atoms with van der Waals surface area (Å²) in [7, 11) is 0. The van der Waals surface area contributed by atoms with E-state index in [1.807, 2.05) is 49.1 Å². The summed E-state index contributed by atoms with van der Waals surface area (Å²) in [6.45, 7) is 5.78. The van der Waals surface area contributed by atoms with E-state index in [1.54, 1.807) is 0 Å². The van der Waals surface area contributed by atoms with Gasteiger partial charge in [-0.05, 0) is 37.3 Å². The van der Waals surface area contributed by atoms with Crippen LogP contribution in [0.4, 0.5) is 0 Å². The number of carbonyl (C=O) groups is 1. The van der Waals surface area contributed by atoms with Crippen LogP contribution in [0.15, 0.2) is 35.4 Å². The molecule has 0 spiro atoms. The SMILES string of the molecule is CCN(CC)C(=O)[C@@]1(c2ccccc2)C[C@H]1CN=[N+]=[N-]. The molecule has 2 rings (SSSR count). The summed E-state index contributed by atoms with van der Waals surface area (Å²) in [5.74, 6) is 0.278. The van der Waals surface area contributed by atoms with E-state index in [4.69, 9.17) is 5.53 Å². The molecule has 2 atom stereocenters. The van der Waals surface area contributed by atoms with Crippen molar-refractivity contribution >= 4 is 5.91 Å². The third-order valence-corrected chi connectivity index (χ3v) is 4.19. The summed E-state index contributed by atoms with van der Waals surface area (Å²) in [6, 6.07) is 9.85. The normalized spacial score (nSPS) is 23.8. The molecule has 5 heteroatoms. The number of nitrogens with zero attached hydrogens (tertiary/aromatic N) is 4. The first-order valence-corrected chi connectivity index (χ1v) is 7.06. The Bertz CT molecular complexity index is 520. The quantitative estimate of drug-likeness (QED) is 0.445. The summed E-state index contributed by atoms with van der Waals surface area (Å²) < 4.78 is 0. The average Bonchev–Trinajstić information content (AvgIpc) is 3.23. The molecule has 1 fully saturated rings. The van der Waals surface area contributed by atoms with Crippen LogP contribution < -0.4 is 0 Å². The lowest BCUT2D eigenvalue weighted by atomic mass is 9.91. The van der Waals surface area contributed by atoms with Crippen LogP contribution in [0, 0.1) is 5.92 Å². The molecule has 0 unspecified atom stereocenters. The zero-order chi connectivity index (χ0) is 14.6. The molecule has 0 saturated heterocycles. The van der Waals surface area contributed by atoms with E-state index in [0.29, 0.717) is 19.6 Å². The molecular formula is C15H20N4O. The molecule has 106 valence electrons. The van der Waals surface area contributed by atoms with E-state index in [0.717, 1.165) is 12.0 Å². The van der Waals surface area contributed by atoms with Gasteiger partial charge >= 0.3 is 0 Å². The van der Waals surface area contributed by atoms with Crippen LogP contribution in [0.2, 0.25) is 0 Å². The maximum Gasteiger partial charge on any atom is 0.233 e. The van der Waals surface area contributed by atoms with Gasteiger partial charge in [-0.3, -0.25) is 4.79 Å². The Kier molecular flexibility index (Phi) is 4.30. The third-order valence-electron chi connectivity index (χ3n) is 4.19. The summed E-state index contributed by atoms with van der Waals surface area (Å²) in [5, 5.41) is 3.66. The second kappa shape index (κ2) is 5.97. The largest absolute Gasteiger partial charge is 0.342 e. The molecule has 1 aromatic carbocycles. The third kappa shape index (κ3) is 2.37. The second-order valence-corrected chi connectivity index (χ2v) is 5.13. The van der Waals surface area contributed by atoms with Gasteiger partial charge in [0.25, 0.3) is 0 Å². The molecule has 0 radical (unpaired) electrons. The van der Waals surface area contributed by atoms with Crippen LogP contribution in [-0.4, -0.2) is 30.4 Å². The van der Waals surface area contributed by atoms with Crippen molar-refractivity contribution < 1.29 is 4.79 Å². The average molecular weight is 272 g/mol. The van der Waals surface area contributed by atoms with Gasteiger partial charge in [0.2, 0.25) is 5.91 Å². The van der Waals surface area contributed by atoms with E-state index in [2.05, 4.69) is 10.0 Å². The Morgan fingerprint density at radius 3 is 2.60 bits per heavy atom. The molecule has 0 bridgehead atoms. The highest BCUT2D eigenvalue weighted by Crippen LogP contribution is 2.55. The zero-order valence-electron chi connectivity index (χ0n) is 12.0. The number of amides is 1. The van der Waals surface area contributed by atoms with Gasteiger partial charge in [0.05, 0.1) is 5.41 Å². The van der Waals surface area contributed by atoms with E-state index >= 15 is 0 Å². The molecule has 0 N–H and O–H groups in total. The topological polar surface area (TPSA) is 69.1 Å². The van der Waals surface area contributed by atoms with Crippen LogP contribution in [0.25, 0.3) is 10.4 Å². The van der Waals surface area contributed by atoms with E-state index < -0.39 is 5.41 Å². The molecule has 0 aliphatic heterocycles. The van der Waals surface area contributed by atoms with E-state index in [1.165, 1.54) is 0 Å². The molecule has 1 aliphatic carbocycles. The van der Waals surface area contributed by atoms with Crippen LogP contribution in [0.5, 0.6) is 0 Å². The summed E-state index contributed by atoms with van der Waals surface area (Å²) in [5.41, 5.74) is 9.04. The van der Waals surface area contributed by atoms with Crippen LogP contribution in [0.3, 0.4) is 0 Å².